The maximum Gasteiger partial charge on any atom is 0.277 e. The van der Waals surface area contributed by atoms with Gasteiger partial charge in [-0.1, -0.05) is 20.3 Å². The summed E-state index contributed by atoms with van der Waals surface area (Å²) in [6.07, 6.45) is 4.41. The van der Waals surface area contributed by atoms with Gasteiger partial charge in [0.15, 0.2) is 5.52 Å². The topological polar surface area (TPSA) is 122 Å². The molecular formula is C25H37ClN6O4S. The number of benzene rings is 1. The van der Waals surface area contributed by atoms with Gasteiger partial charge in [0.25, 0.3) is 5.56 Å². The summed E-state index contributed by atoms with van der Waals surface area (Å²) in [6, 6.07) is 4.68. The predicted octanol–water partition coefficient (Wildman–Crippen LogP) is 3.60. The fourth-order valence-corrected chi connectivity index (χ4v) is 6.13. The number of ether oxygens (including phenoxy) is 1. The molecule has 2 N–H and O–H groups in total. The summed E-state index contributed by atoms with van der Waals surface area (Å²) >= 11 is 0. The van der Waals surface area contributed by atoms with Crippen molar-refractivity contribution in [1.82, 2.24) is 29.4 Å². The molecule has 10 nitrogen and oxygen atoms in total. The summed E-state index contributed by atoms with van der Waals surface area (Å²) in [5.41, 5.74) is 0.975. The van der Waals surface area contributed by atoms with Crippen molar-refractivity contribution in [3.05, 3.63) is 34.2 Å². The Bertz CT molecular complexity index is 1410. The lowest BCUT2D eigenvalue weighted by Crippen LogP contribution is -2.55. The van der Waals surface area contributed by atoms with Crippen LogP contribution in [0, 0.1) is 0 Å². The zero-order chi connectivity index (χ0) is 26.1. The minimum absolute atomic E-state index is 0. The fourth-order valence-electron chi connectivity index (χ4n) is 4.71. The molecule has 0 saturated carbocycles. The molecule has 204 valence electrons. The van der Waals surface area contributed by atoms with Crippen LogP contribution in [-0.4, -0.2) is 58.4 Å². The monoisotopic (exact) mass is 552 g/mol. The van der Waals surface area contributed by atoms with Crippen LogP contribution in [-0.2, 0) is 23.5 Å². The molecule has 0 unspecified atom stereocenters. The second-order valence-electron chi connectivity index (χ2n) is 9.80. The van der Waals surface area contributed by atoms with Gasteiger partial charge in [0.2, 0.25) is 10.0 Å². The summed E-state index contributed by atoms with van der Waals surface area (Å²) in [6.45, 7) is 9.92. The number of aromatic amines is 1. The van der Waals surface area contributed by atoms with Gasteiger partial charge in [-0.3, -0.25) is 14.4 Å². The average molecular weight is 553 g/mol. The lowest BCUT2D eigenvalue weighted by Gasteiger charge is -2.35. The molecular weight excluding hydrogens is 516 g/mol. The summed E-state index contributed by atoms with van der Waals surface area (Å²) in [5.74, 6) is 0.706. The van der Waals surface area contributed by atoms with E-state index in [0.717, 1.165) is 44.5 Å². The third-order valence-corrected chi connectivity index (χ3v) is 8.15. The zero-order valence-corrected chi connectivity index (χ0v) is 23.8. The van der Waals surface area contributed by atoms with Crippen LogP contribution in [0.25, 0.3) is 22.4 Å². The summed E-state index contributed by atoms with van der Waals surface area (Å²) in [7, 11) is -2.15. The smallest absolute Gasteiger partial charge is 0.277 e. The van der Waals surface area contributed by atoms with E-state index in [2.05, 4.69) is 19.7 Å². The molecule has 3 heterocycles. The number of nitrogens with zero attached hydrogens (tertiary/aromatic N) is 4. The molecule has 3 aromatic rings. The van der Waals surface area contributed by atoms with Gasteiger partial charge in [-0.05, 0) is 70.8 Å². The highest BCUT2D eigenvalue weighted by atomic mass is 35.5. The van der Waals surface area contributed by atoms with Gasteiger partial charge in [0.1, 0.15) is 17.1 Å². The Balaban J connectivity index is 0.00000380. The van der Waals surface area contributed by atoms with Gasteiger partial charge in [0.05, 0.1) is 28.4 Å². The molecule has 1 aliphatic rings. The van der Waals surface area contributed by atoms with Crippen molar-refractivity contribution in [2.24, 2.45) is 7.05 Å². The number of nitrogens with one attached hydrogen (secondary N) is 2. The molecule has 12 heteroatoms. The number of hydrogen-bond acceptors (Lipinski definition) is 7. The average Bonchev–Trinajstić information content (AvgIpc) is 3.47. The number of halogens is 1. The van der Waals surface area contributed by atoms with Crippen LogP contribution in [0.15, 0.2) is 27.9 Å². The summed E-state index contributed by atoms with van der Waals surface area (Å²) < 4.78 is 37.2. The van der Waals surface area contributed by atoms with Crippen molar-refractivity contribution in [2.75, 3.05) is 19.7 Å². The summed E-state index contributed by atoms with van der Waals surface area (Å²) in [5, 5.41) is 4.47. The van der Waals surface area contributed by atoms with Crippen LogP contribution >= 0.6 is 12.4 Å². The molecule has 37 heavy (non-hydrogen) atoms. The van der Waals surface area contributed by atoms with E-state index in [1.807, 2.05) is 27.7 Å². The third kappa shape index (κ3) is 6.00. The van der Waals surface area contributed by atoms with E-state index in [-0.39, 0.29) is 28.7 Å². The third-order valence-electron chi connectivity index (χ3n) is 6.51. The summed E-state index contributed by atoms with van der Waals surface area (Å²) in [4.78, 5) is 22.8. The van der Waals surface area contributed by atoms with Gasteiger partial charge in [-0.2, -0.15) is 9.82 Å². The molecule has 0 amide bonds. The first-order valence-corrected chi connectivity index (χ1v) is 14.1. The number of likely N-dealkylation sites (tertiary alicyclic amines) is 1. The van der Waals surface area contributed by atoms with Crippen molar-refractivity contribution in [3.8, 4) is 17.1 Å². The van der Waals surface area contributed by atoms with Crippen molar-refractivity contribution in [3.63, 3.8) is 0 Å². The van der Waals surface area contributed by atoms with E-state index < -0.39 is 15.7 Å². The maximum absolute atomic E-state index is 13.5. The minimum Gasteiger partial charge on any atom is -0.493 e. The van der Waals surface area contributed by atoms with Crippen LogP contribution in [0.2, 0.25) is 0 Å². The molecule has 2 aromatic heterocycles. The van der Waals surface area contributed by atoms with E-state index in [1.165, 1.54) is 16.8 Å². The molecule has 0 atom stereocenters. The van der Waals surface area contributed by atoms with Crippen LogP contribution in [0.3, 0.4) is 0 Å². The Kier molecular flexibility index (Phi) is 9.05. The number of fused-ring (bicyclic) bond motifs is 1. The Morgan fingerprint density at radius 1 is 1.16 bits per heavy atom. The SMILES string of the molecule is CCCOc1ccc(S(=O)(=O)NC(C)(C)N2CCCC2)cc1-c1nc2c(CCC)nn(C)c2c(=O)[nH]1.Cl. The first kappa shape index (κ1) is 29.1. The lowest BCUT2D eigenvalue weighted by molar-refractivity contribution is 0.143. The van der Waals surface area contributed by atoms with Crippen molar-refractivity contribution in [1.29, 1.82) is 0 Å². The van der Waals surface area contributed by atoms with Crippen molar-refractivity contribution < 1.29 is 13.2 Å². The normalized spacial score (nSPS) is 14.7. The van der Waals surface area contributed by atoms with Gasteiger partial charge >= 0.3 is 0 Å². The zero-order valence-electron chi connectivity index (χ0n) is 22.1. The van der Waals surface area contributed by atoms with E-state index in [1.54, 1.807) is 13.1 Å². The van der Waals surface area contributed by atoms with Crippen LogP contribution in [0.1, 0.15) is 59.1 Å². The molecule has 1 saturated heterocycles. The van der Waals surface area contributed by atoms with Crippen LogP contribution in [0.5, 0.6) is 5.75 Å². The number of H-pyrrole nitrogens is 1. The van der Waals surface area contributed by atoms with Gasteiger partial charge < -0.3 is 9.72 Å². The number of sulfonamides is 1. The van der Waals surface area contributed by atoms with E-state index >= 15 is 0 Å². The predicted molar refractivity (Wildman–Crippen MR) is 147 cm³/mol. The lowest BCUT2D eigenvalue weighted by atomic mass is 10.1. The molecule has 0 aliphatic carbocycles. The molecule has 1 aliphatic heterocycles. The Morgan fingerprint density at radius 3 is 2.51 bits per heavy atom. The van der Waals surface area contributed by atoms with Crippen LogP contribution < -0.4 is 15.0 Å². The molecule has 0 bridgehead atoms. The Hall–Kier alpha value is -2.47. The van der Waals surface area contributed by atoms with Crippen LogP contribution in [0.4, 0.5) is 0 Å². The molecule has 0 spiro atoms. The number of aryl methyl sites for hydroxylation is 2. The maximum atomic E-state index is 13.5. The molecule has 1 fully saturated rings. The molecule has 4 rings (SSSR count). The number of hydrogen-bond donors (Lipinski definition) is 2. The highest BCUT2D eigenvalue weighted by Gasteiger charge is 2.34. The standard InChI is InChI=1S/C25H36N6O4S.ClH/c1-6-10-19-21-22(30(5)28-19)24(32)27-23(26-21)18-16-17(11-12-20(18)35-15-7-2)36(33,34)29-25(3,4)31-13-8-9-14-31;/h11-12,16,29H,6-10,13-15H2,1-5H3,(H,26,27,32);1H. The fraction of sp³-hybridized carbons (Fsp3) is 0.560. The van der Waals surface area contributed by atoms with E-state index in [9.17, 15) is 13.2 Å². The molecule has 0 radical (unpaired) electrons. The van der Waals surface area contributed by atoms with Gasteiger partial charge in [-0.25, -0.2) is 13.4 Å². The van der Waals surface area contributed by atoms with Gasteiger partial charge in [0, 0.05) is 7.05 Å². The minimum atomic E-state index is -3.87. The first-order chi connectivity index (χ1) is 17.1. The largest absolute Gasteiger partial charge is 0.493 e. The highest BCUT2D eigenvalue weighted by molar-refractivity contribution is 7.89. The van der Waals surface area contributed by atoms with Crippen molar-refractivity contribution in [2.45, 2.75) is 70.4 Å². The Labute approximate surface area is 224 Å². The van der Waals surface area contributed by atoms with Crippen molar-refractivity contribution >= 4 is 33.5 Å². The Morgan fingerprint density at radius 2 is 1.86 bits per heavy atom. The van der Waals surface area contributed by atoms with Gasteiger partial charge in [-0.15, -0.1) is 12.4 Å². The number of rotatable bonds is 10. The second-order valence-corrected chi connectivity index (χ2v) is 11.5. The molecule has 1 aromatic carbocycles. The van der Waals surface area contributed by atoms with E-state index in [0.29, 0.717) is 35.4 Å². The second kappa shape index (κ2) is 11.5. The quantitative estimate of drug-likeness (QED) is 0.394. The number of aromatic nitrogens is 4. The van der Waals surface area contributed by atoms with E-state index in [4.69, 9.17) is 9.72 Å². The first-order valence-electron chi connectivity index (χ1n) is 12.6. The highest BCUT2D eigenvalue weighted by Crippen LogP contribution is 2.32.